The third-order valence-electron chi connectivity index (χ3n) is 8.59. The number of rotatable bonds is 11. The van der Waals surface area contributed by atoms with Crippen LogP contribution >= 0.6 is 0 Å². The number of benzene rings is 3. The summed E-state index contributed by atoms with van der Waals surface area (Å²) in [6.45, 7) is 4.56. The number of pyridine rings is 1. The highest BCUT2D eigenvalue weighted by Crippen LogP contribution is 2.26. The highest BCUT2D eigenvalue weighted by atomic mass is 16.2. The van der Waals surface area contributed by atoms with E-state index in [-0.39, 0.29) is 11.8 Å². The van der Waals surface area contributed by atoms with Crippen molar-refractivity contribution in [3.63, 3.8) is 0 Å². The quantitative estimate of drug-likeness (QED) is 0.201. The van der Waals surface area contributed by atoms with E-state index in [1.807, 2.05) is 60.7 Å². The number of aromatic nitrogens is 3. The Morgan fingerprint density at radius 3 is 2.33 bits per heavy atom. The molecule has 5 aromatic rings. The fourth-order valence-corrected chi connectivity index (χ4v) is 6.14. The molecule has 1 aliphatic rings. The summed E-state index contributed by atoms with van der Waals surface area (Å²) >= 11 is 0. The van der Waals surface area contributed by atoms with Crippen LogP contribution in [0.2, 0.25) is 0 Å². The van der Waals surface area contributed by atoms with E-state index in [2.05, 4.69) is 80.4 Å². The number of amides is 1. The van der Waals surface area contributed by atoms with E-state index in [1.165, 1.54) is 11.1 Å². The molecule has 2 aromatic heterocycles. The van der Waals surface area contributed by atoms with Crippen LogP contribution in [0.25, 0.3) is 11.0 Å². The summed E-state index contributed by atoms with van der Waals surface area (Å²) in [6.07, 6.45) is 6.84. The minimum Gasteiger partial charge on any atom is -0.353 e. The van der Waals surface area contributed by atoms with Crippen LogP contribution in [-0.4, -0.2) is 69.5 Å². The second-order valence-corrected chi connectivity index (χ2v) is 11.6. The molecule has 0 radical (unpaired) electrons. The highest BCUT2D eigenvalue weighted by molar-refractivity contribution is 5.94. The number of likely N-dealkylation sites (tertiary alicyclic amines) is 1. The van der Waals surface area contributed by atoms with E-state index in [0.29, 0.717) is 12.6 Å². The maximum atomic E-state index is 13.1. The van der Waals surface area contributed by atoms with Gasteiger partial charge in [0.05, 0.1) is 17.6 Å². The molecule has 3 heterocycles. The number of hydrogen-bond acceptors (Lipinski definition) is 5. The van der Waals surface area contributed by atoms with Crippen molar-refractivity contribution in [2.45, 2.75) is 37.8 Å². The molecule has 1 atom stereocenters. The predicted octanol–water partition coefficient (Wildman–Crippen LogP) is 6.30. The van der Waals surface area contributed by atoms with Crippen molar-refractivity contribution < 1.29 is 4.79 Å². The smallest absolute Gasteiger partial charge is 0.253 e. The SMILES string of the molecule is CN(CC(CCN1CCC(Nc2nc3ccccc3n2Cc2ccncc2)CC1)c1ccccc1)C(=O)c1ccccc1. The summed E-state index contributed by atoms with van der Waals surface area (Å²) < 4.78 is 2.29. The van der Waals surface area contributed by atoms with Crippen LogP contribution in [0, 0.1) is 0 Å². The molecule has 7 nitrogen and oxygen atoms in total. The standard InChI is InChI=1S/C36H40N6O/c1-40(35(43)30-12-6-3-7-13-30)27-31(29-10-4-2-5-11-29)18-23-41-24-19-32(20-25-41)38-36-39-33-14-8-9-15-34(33)42(36)26-28-16-21-37-22-17-28/h2-17,21-22,31-32H,18-20,23-27H2,1H3,(H,38,39). The molecule has 0 saturated carbocycles. The number of carbonyl (C=O) groups is 1. The summed E-state index contributed by atoms with van der Waals surface area (Å²) in [7, 11) is 1.92. The second kappa shape index (κ2) is 13.7. The van der Waals surface area contributed by atoms with Crippen LogP contribution in [0.4, 0.5) is 5.95 Å². The summed E-state index contributed by atoms with van der Waals surface area (Å²) in [5, 5.41) is 3.79. The van der Waals surface area contributed by atoms with E-state index in [4.69, 9.17) is 4.98 Å². The van der Waals surface area contributed by atoms with Crippen LogP contribution in [0.15, 0.2) is 109 Å². The Morgan fingerprint density at radius 2 is 1.58 bits per heavy atom. The molecule has 1 N–H and O–H groups in total. The number of imidazole rings is 1. The number of fused-ring (bicyclic) bond motifs is 1. The van der Waals surface area contributed by atoms with E-state index in [1.54, 1.807) is 0 Å². The molecule has 0 spiro atoms. The Bertz CT molecular complexity index is 1600. The minimum atomic E-state index is 0.0726. The van der Waals surface area contributed by atoms with Gasteiger partial charge >= 0.3 is 0 Å². The lowest BCUT2D eigenvalue weighted by molar-refractivity contribution is 0.0782. The Balaban J connectivity index is 1.07. The maximum absolute atomic E-state index is 13.1. The molecule has 0 bridgehead atoms. The van der Waals surface area contributed by atoms with Crippen LogP contribution in [0.3, 0.4) is 0 Å². The Morgan fingerprint density at radius 1 is 0.907 bits per heavy atom. The first-order chi connectivity index (χ1) is 21.1. The molecule has 0 aliphatic carbocycles. The van der Waals surface area contributed by atoms with Gasteiger partial charge in [-0.2, -0.15) is 0 Å². The Hall–Kier alpha value is -4.49. The number of likely N-dealkylation sites (N-methyl/N-ethyl adjacent to an activating group) is 1. The normalized spacial score (nSPS) is 14.9. The average Bonchev–Trinajstić information content (AvgIpc) is 3.40. The van der Waals surface area contributed by atoms with Crippen molar-refractivity contribution in [2.24, 2.45) is 0 Å². The van der Waals surface area contributed by atoms with Crippen LogP contribution < -0.4 is 5.32 Å². The zero-order valence-corrected chi connectivity index (χ0v) is 24.8. The van der Waals surface area contributed by atoms with Crippen molar-refractivity contribution in [2.75, 3.05) is 38.5 Å². The number of piperidine rings is 1. The molecule has 1 amide bonds. The van der Waals surface area contributed by atoms with E-state index >= 15 is 0 Å². The van der Waals surface area contributed by atoms with Gasteiger partial charge in [0.1, 0.15) is 0 Å². The molecule has 1 saturated heterocycles. The average molecular weight is 573 g/mol. The first-order valence-electron chi connectivity index (χ1n) is 15.3. The number of carbonyl (C=O) groups excluding carboxylic acids is 1. The van der Waals surface area contributed by atoms with Gasteiger partial charge in [-0.1, -0.05) is 60.7 Å². The van der Waals surface area contributed by atoms with Gasteiger partial charge in [0.25, 0.3) is 5.91 Å². The fourth-order valence-electron chi connectivity index (χ4n) is 6.14. The molecule has 220 valence electrons. The number of para-hydroxylation sites is 2. The maximum Gasteiger partial charge on any atom is 0.253 e. The summed E-state index contributed by atoms with van der Waals surface area (Å²) in [4.78, 5) is 26.7. The highest BCUT2D eigenvalue weighted by Gasteiger charge is 2.24. The first-order valence-corrected chi connectivity index (χ1v) is 15.3. The second-order valence-electron chi connectivity index (χ2n) is 11.6. The van der Waals surface area contributed by atoms with Gasteiger partial charge in [-0.15, -0.1) is 0 Å². The fraction of sp³-hybridized carbons (Fsp3) is 0.306. The van der Waals surface area contributed by atoms with Crippen LogP contribution in [0.1, 0.15) is 46.7 Å². The number of nitrogens with zero attached hydrogens (tertiary/aromatic N) is 5. The van der Waals surface area contributed by atoms with Crippen LogP contribution in [-0.2, 0) is 6.54 Å². The number of hydrogen-bond donors (Lipinski definition) is 1. The minimum absolute atomic E-state index is 0.0726. The van der Waals surface area contributed by atoms with Gasteiger partial charge in [0.2, 0.25) is 5.95 Å². The Kier molecular flexibility index (Phi) is 9.09. The monoisotopic (exact) mass is 572 g/mol. The lowest BCUT2D eigenvalue weighted by atomic mass is 9.94. The summed E-state index contributed by atoms with van der Waals surface area (Å²) in [6, 6.07) is 33.1. The lowest BCUT2D eigenvalue weighted by Gasteiger charge is -2.34. The predicted molar refractivity (Wildman–Crippen MR) is 173 cm³/mol. The number of nitrogens with one attached hydrogen (secondary N) is 1. The third kappa shape index (κ3) is 7.12. The van der Waals surface area contributed by atoms with Crippen molar-refractivity contribution in [1.82, 2.24) is 24.3 Å². The van der Waals surface area contributed by atoms with Crippen LogP contribution in [0.5, 0.6) is 0 Å². The van der Waals surface area contributed by atoms with E-state index in [0.717, 1.165) is 68.0 Å². The third-order valence-corrected chi connectivity index (χ3v) is 8.59. The topological polar surface area (TPSA) is 66.3 Å². The van der Waals surface area contributed by atoms with Gasteiger partial charge in [-0.25, -0.2) is 4.98 Å². The summed E-state index contributed by atoms with van der Waals surface area (Å²) in [5.41, 5.74) is 5.39. The van der Waals surface area contributed by atoms with Gasteiger partial charge in [0, 0.05) is 56.6 Å². The largest absolute Gasteiger partial charge is 0.353 e. The van der Waals surface area contributed by atoms with Gasteiger partial charge < -0.3 is 19.7 Å². The van der Waals surface area contributed by atoms with Crippen molar-refractivity contribution in [3.05, 3.63) is 126 Å². The van der Waals surface area contributed by atoms with E-state index in [9.17, 15) is 4.79 Å². The molecule has 6 rings (SSSR count). The zero-order chi connectivity index (χ0) is 29.4. The molecule has 1 aliphatic heterocycles. The molecule has 1 unspecified atom stereocenters. The van der Waals surface area contributed by atoms with Crippen molar-refractivity contribution in [1.29, 1.82) is 0 Å². The van der Waals surface area contributed by atoms with Gasteiger partial charge in [-0.3, -0.25) is 9.78 Å². The molecule has 3 aromatic carbocycles. The van der Waals surface area contributed by atoms with Gasteiger partial charge in [0.15, 0.2) is 0 Å². The lowest BCUT2D eigenvalue weighted by Crippen LogP contribution is -2.40. The Labute approximate surface area is 254 Å². The first kappa shape index (κ1) is 28.6. The molecule has 43 heavy (non-hydrogen) atoms. The molecule has 7 heteroatoms. The summed E-state index contributed by atoms with van der Waals surface area (Å²) in [5.74, 6) is 1.29. The number of anilines is 1. The molecule has 1 fully saturated rings. The van der Waals surface area contributed by atoms with Crippen molar-refractivity contribution in [3.8, 4) is 0 Å². The zero-order valence-electron chi connectivity index (χ0n) is 24.8. The van der Waals surface area contributed by atoms with Gasteiger partial charge in [-0.05, 0) is 73.3 Å². The molecular formula is C36H40N6O. The van der Waals surface area contributed by atoms with E-state index < -0.39 is 0 Å². The van der Waals surface area contributed by atoms with Crippen molar-refractivity contribution >= 4 is 22.9 Å². The molecular weight excluding hydrogens is 532 g/mol.